The molecule has 131 heavy (non-hydrogen) atoms. The van der Waals surface area contributed by atoms with E-state index in [0.717, 1.165) is 163 Å². The number of phenols is 1. The van der Waals surface area contributed by atoms with Gasteiger partial charge in [-0.2, -0.15) is 0 Å². The van der Waals surface area contributed by atoms with Crippen LogP contribution in [0.5, 0.6) is 5.75 Å². The van der Waals surface area contributed by atoms with Crippen LogP contribution in [0.25, 0.3) is 4.85 Å². The van der Waals surface area contributed by atoms with Gasteiger partial charge in [-0.05, 0) is 266 Å². The number of fused-ring (bicyclic) bond motifs is 6. The number of aromatic hydroxyl groups is 1. The van der Waals surface area contributed by atoms with E-state index in [9.17, 15) is 66.3 Å². The monoisotopic (exact) mass is 2030 g/mol. The molecule has 23 nitrogen and oxygen atoms in total. The minimum absolute atomic E-state index is 0. The van der Waals surface area contributed by atoms with Crippen LogP contribution >= 0.6 is 47.3 Å². The molecule has 2 aromatic heterocycles. The maximum Gasteiger partial charge on any atom is 0.369 e. The molecule has 7 N–H and O–H groups in total. The number of aromatic amines is 2. The van der Waals surface area contributed by atoms with Crippen molar-refractivity contribution in [2.75, 3.05) is 78.5 Å². The molecule has 0 spiro atoms. The highest BCUT2D eigenvalue weighted by Crippen LogP contribution is 2.63. The molecule has 10 fully saturated rings. The molecule has 22 rings (SSSR count). The third-order valence-electron chi connectivity index (χ3n) is 32.3. The fourth-order valence-electron chi connectivity index (χ4n) is 25.4. The lowest BCUT2D eigenvalue weighted by Gasteiger charge is -2.64. The summed E-state index contributed by atoms with van der Waals surface area (Å²) in [7, 11) is -6.01. The van der Waals surface area contributed by atoms with Gasteiger partial charge in [0.2, 0.25) is 6.54 Å². The Labute approximate surface area is 801 Å². The number of hydrogen-bond acceptors (Lipinski definition) is 20. The number of H-pyrrole nitrogens is 2. The molecule has 0 amide bonds. The van der Waals surface area contributed by atoms with Gasteiger partial charge in [0.1, 0.15) is 33.4 Å². The zero-order chi connectivity index (χ0) is 93.4. The number of carbonyl (C=O) groups excluding carboxylic acids is 4. The van der Waals surface area contributed by atoms with E-state index in [-0.39, 0.29) is 81.8 Å². The lowest BCUT2D eigenvalue weighted by atomic mass is 9.48. The van der Waals surface area contributed by atoms with E-state index in [1.54, 1.807) is 19.1 Å². The van der Waals surface area contributed by atoms with Gasteiger partial charge in [0.25, 0.3) is 17.6 Å². The number of ether oxygens (including phenoxy) is 1. The summed E-state index contributed by atoms with van der Waals surface area (Å²) in [6.07, 6.45) is 24.6. The molecular weight excluding hydrogens is 1890 g/mol. The van der Waals surface area contributed by atoms with Crippen LogP contribution < -0.4 is 11.1 Å². The summed E-state index contributed by atoms with van der Waals surface area (Å²) in [5, 5.41) is 59.3. The summed E-state index contributed by atoms with van der Waals surface area (Å²) in [4.78, 5) is 89.1. The zero-order valence-corrected chi connectivity index (χ0v) is 82.3. The lowest BCUT2D eigenvalue weighted by Crippen LogP contribution is -2.74. The number of ketones is 2. The first-order valence-corrected chi connectivity index (χ1v) is 53.1. The molecule has 8 bridgehead atoms. The number of nitrogens with zero attached hydrogens (tertiary/aromatic N) is 5. The molecule has 712 valence electrons. The fraction of sp³-hybridized carbons (Fsp3) is 0.618. The van der Waals surface area contributed by atoms with Crippen LogP contribution in [0.1, 0.15) is 236 Å². The molecule has 16 aliphatic rings. The maximum absolute atomic E-state index is 12.7. The first-order chi connectivity index (χ1) is 61.7. The summed E-state index contributed by atoms with van der Waals surface area (Å²) in [5.74, 6) is 2.89. The zero-order valence-electron chi connectivity index (χ0n) is 76.9. The van der Waals surface area contributed by atoms with Crippen molar-refractivity contribution in [3.63, 3.8) is 0 Å². The highest BCUT2D eigenvalue weighted by atomic mass is 79.9. The third-order valence-corrected chi connectivity index (χ3v) is 34.5. The summed E-state index contributed by atoms with van der Waals surface area (Å²) >= 11 is 9.31. The molecule has 1 unspecified atom stereocenters. The number of aryl methyl sites for hydroxylation is 3. The number of piperidine rings is 4. The number of aromatic nitrogens is 2. The highest BCUT2D eigenvalue weighted by molar-refractivity contribution is 9.69. The van der Waals surface area contributed by atoms with E-state index in [4.69, 9.17) is 12.7 Å². The Morgan fingerprint density at radius 3 is 1.17 bits per heavy atom. The van der Waals surface area contributed by atoms with E-state index in [2.05, 4.69) is 162 Å². The van der Waals surface area contributed by atoms with Crippen molar-refractivity contribution >= 4 is 94.5 Å². The second-order valence-corrected chi connectivity index (χ2v) is 50.8. The molecule has 12 aliphatic carbocycles. The van der Waals surface area contributed by atoms with Crippen LogP contribution in [0.2, 0.25) is 0 Å². The van der Waals surface area contributed by atoms with Gasteiger partial charge < -0.3 is 49.9 Å². The number of likely N-dealkylation sites (tertiary alicyclic amines) is 4. The summed E-state index contributed by atoms with van der Waals surface area (Å²) < 4.78 is 59.0. The summed E-state index contributed by atoms with van der Waals surface area (Å²) in [6.45, 7) is 25.8. The first kappa shape index (κ1) is 101. The summed E-state index contributed by atoms with van der Waals surface area (Å²) in [5.41, 5.74) is 9.24. The Balaban J connectivity index is 0.000000142. The molecule has 6 aromatic rings. The predicted octanol–water partition coefficient (Wildman–Crippen LogP) is 13.7. The highest BCUT2D eigenvalue weighted by Gasteiger charge is 2.70. The van der Waals surface area contributed by atoms with Gasteiger partial charge in [-0.15, -0.1) is 47.3 Å². The van der Waals surface area contributed by atoms with E-state index >= 15 is 0 Å². The van der Waals surface area contributed by atoms with E-state index in [1.165, 1.54) is 121 Å². The number of benzene rings is 4. The molecule has 4 aromatic carbocycles. The number of methoxy groups -OCH3 is 1. The van der Waals surface area contributed by atoms with Crippen molar-refractivity contribution < 1.29 is 67.7 Å². The van der Waals surface area contributed by atoms with Gasteiger partial charge in [-0.3, -0.25) is 43.6 Å². The Morgan fingerprint density at radius 2 is 0.847 bits per heavy atom. The van der Waals surface area contributed by atoms with Crippen LogP contribution in [-0.4, -0.2) is 225 Å². The summed E-state index contributed by atoms with van der Waals surface area (Å²) in [6, 6.07) is 28.3. The van der Waals surface area contributed by atoms with Gasteiger partial charge in [-0.1, -0.05) is 113 Å². The topological polar surface area (TPSA) is 330 Å². The average molecular weight is 2030 g/mol. The minimum Gasteiger partial charge on any atom is -0.508 e. The molecular formula is C102H137BBr3N7O16S2. The number of phenolic OH excluding ortho intramolecular Hbond substituents is 1. The number of halogens is 3. The van der Waals surface area contributed by atoms with Crippen LogP contribution in [0, 0.1) is 56.9 Å². The Kier molecular flexibility index (Phi) is 30.4. The van der Waals surface area contributed by atoms with Crippen LogP contribution in [0.15, 0.2) is 104 Å². The molecule has 6 heterocycles. The number of Topliss-reactive ketones (excluding diaryl/α,β-unsaturated/α-hetero) is 2. The van der Waals surface area contributed by atoms with Crippen molar-refractivity contribution in [1.29, 1.82) is 0 Å². The smallest absolute Gasteiger partial charge is 0.369 e. The van der Waals surface area contributed by atoms with Crippen LogP contribution in [-0.2, 0) is 117 Å². The van der Waals surface area contributed by atoms with Crippen LogP contribution in [0.3, 0.4) is 0 Å². The Bertz CT molecular complexity index is 5520. The van der Waals surface area contributed by atoms with Crippen molar-refractivity contribution in [1.82, 2.24) is 29.6 Å². The van der Waals surface area contributed by atoms with Crippen molar-refractivity contribution in [2.24, 2.45) is 29.6 Å². The standard InChI is InChI=1S/C25H30N2O4S.C24H28N2O5S.C22H27NO3.C21H27NO2.C4H7N.C2H4O2.C2H6.2CH4.BBr3/c1-15-3-6-17-11-22-25(29)12-18-10-21(32(2,30)31)23(28)26-20(18)13-24(25,19(17)9-15)7-8-27(22)14-16-4-5-16;1-32(30,31)20-8-16-11-24(29)21-9-15-4-5-17(27)10-18(15)23(24,12-19(16)25-22(20)28)6-7-26(21)13-14-2-3-14;1-14-2-5-16-9-20-22(26)10-17(13-24)19(25)11-21(22,18(16)8-14)6-7-23(20)12-15-3-4-15;1-14-2-5-16-11-19-21(24)7-6-17(23)12-20(21,18(16)10-14)8-9-22(19)13-15-3-4-15;1-3-4-5-2;1-4-2-3;1-2;;;2-1(3)4/h3,6,9-10,16,22,29H,4-5,7-8,11-14H2,1-2H3,(H,26,28);4-5,8,10,14,21,27,29H,2-3,6-7,9,11-13H2,1H3,(H,25,28);2,5,8,13,15,17,20,26H,3-4,6-7,9-12H2,1H3;2,5,10,15,19,24H,3-4,6-9,11-13H2,1H3;3-4H2,1H3;2H,1H3;1-2H3;2*1H4;/t22-,24-,25-;21-,23-,24-;17?,20-,21-,22-;19-,20-,21-;;;;;;/m1111....../s1/i;;;;;;1D;;;. The van der Waals surface area contributed by atoms with Crippen LogP contribution in [0.4, 0.5) is 0 Å². The van der Waals surface area contributed by atoms with Gasteiger partial charge in [0.05, 0.1) is 35.4 Å². The predicted molar refractivity (Wildman–Crippen MR) is 524 cm³/mol. The number of rotatable bonds is 13. The molecule has 6 saturated carbocycles. The SMILES string of the molecule is BrB(Br)Br.C.C.COC=O.CS(=O)(=O)c1cc2c([nH]c1=O)C[C@]13CCN(CC4CC4)[C@H](Cc4ccc(O)cc41)[C@]3(O)C2.Cc1ccc2c(c1)[C@]13CCN(CC4CC4)[C@H](C2)[C@]1(O)CC(C=O)C(=O)C3.Cc1ccc2c(c1)[C@]13CCN(CC4CC4)[C@H](C2)[C@]1(O)CCC(=O)C3.Cc1ccc2c(c1)[C@]13CCN(CC4CC4)[C@H](C2)[C@]1(O)Cc1cc(S(C)(=O)=O)c(=O)[nH]c1C3.[2H]CC.[C-]#[N+]CCC. The average Bonchev–Trinajstić information content (AvgIpc) is 1.37. The normalized spacial score (nSPS) is 31.0. The lowest BCUT2D eigenvalue weighted by molar-refractivity contribution is -0.181. The number of sulfone groups is 2. The van der Waals surface area contributed by atoms with E-state index < -0.39 is 75.4 Å². The number of hydrogen-bond donors (Lipinski definition) is 7. The number of pyridine rings is 2. The number of nitrogens with one attached hydrogen (secondary N) is 2. The van der Waals surface area contributed by atoms with Crippen molar-refractivity contribution in [3.05, 3.63) is 201 Å². The molecule has 4 aliphatic heterocycles. The van der Waals surface area contributed by atoms with Gasteiger partial charge >= 0.3 is 3.18 Å². The second kappa shape index (κ2) is 39.6. The van der Waals surface area contributed by atoms with E-state index in [1.807, 2.05) is 13.0 Å². The number of aldehydes is 1. The van der Waals surface area contributed by atoms with E-state index in [0.29, 0.717) is 94.2 Å². The minimum atomic E-state index is -3.68. The maximum atomic E-state index is 12.7. The van der Waals surface area contributed by atoms with Gasteiger partial charge in [-0.25, -0.2) is 23.4 Å². The fourth-order valence-corrected chi connectivity index (χ4v) is 26.9. The number of aliphatic hydroxyl groups is 4. The third kappa shape index (κ3) is 19.3. The van der Waals surface area contributed by atoms with Crippen molar-refractivity contribution in [2.45, 2.75) is 301 Å². The second-order valence-electron chi connectivity index (χ2n) is 40.4. The molecule has 4 saturated heterocycles. The van der Waals surface area contributed by atoms with Gasteiger partial charge in [0.15, 0.2) is 19.7 Å². The number of carbonyl (C=O) groups is 4. The largest absolute Gasteiger partial charge is 0.508 e. The van der Waals surface area contributed by atoms with Gasteiger partial charge in [0, 0.05) is 149 Å². The Morgan fingerprint density at radius 1 is 0.519 bits per heavy atom. The molecule has 13 atom stereocenters. The molecule has 0 radical (unpaired) electrons. The molecule has 29 heteroatoms. The quantitative estimate of drug-likeness (QED) is 0.0244. The Hall–Kier alpha value is -6.37. The first-order valence-electron chi connectivity index (χ1n) is 47.3. The van der Waals surface area contributed by atoms with Crippen molar-refractivity contribution in [3.8, 4) is 5.75 Å².